The van der Waals surface area contributed by atoms with Gasteiger partial charge in [-0.3, -0.25) is 14.4 Å². The summed E-state index contributed by atoms with van der Waals surface area (Å²) < 4.78 is 0. The molecule has 0 spiro atoms. The molecule has 0 aliphatic heterocycles. The Bertz CT molecular complexity index is 1150. The molecule has 6 N–H and O–H groups in total. The van der Waals surface area contributed by atoms with E-state index in [1.165, 1.54) is 32.9 Å². The van der Waals surface area contributed by atoms with Crippen LogP contribution >= 0.6 is 0 Å². The summed E-state index contributed by atoms with van der Waals surface area (Å²) in [7, 11) is 0. The van der Waals surface area contributed by atoms with E-state index in [0.29, 0.717) is 12.8 Å². The maximum Gasteiger partial charge on any atom is 0.206 e. The number of aliphatic hydroxyl groups excluding tert-OH is 2. The number of aliphatic hydroxyl groups is 4. The van der Waals surface area contributed by atoms with Gasteiger partial charge < -0.3 is 25.9 Å². The molecule has 2 saturated carbocycles. The predicted octanol–water partition coefficient (Wildman–Crippen LogP) is 2.79. The minimum Gasteiger partial charge on any atom is -0.505 e. The second-order valence-electron chi connectivity index (χ2n) is 13.9. The number of hydrogen-bond acceptors (Lipinski definition) is 7. The lowest BCUT2D eigenvalue weighted by Crippen LogP contribution is -2.64. The molecule has 0 unspecified atom stereocenters. The first-order valence-corrected chi connectivity index (χ1v) is 13.2. The van der Waals surface area contributed by atoms with Gasteiger partial charge in [-0.2, -0.15) is 0 Å². The van der Waals surface area contributed by atoms with Crippen LogP contribution in [-0.2, 0) is 14.4 Å². The molecule has 0 aromatic rings. The van der Waals surface area contributed by atoms with Gasteiger partial charge in [0.05, 0.1) is 17.1 Å². The number of carbonyl (C=O) groups is 3. The van der Waals surface area contributed by atoms with E-state index < -0.39 is 56.6 Å². The van der Waals surface area contributed by atoms with E-state index in [4.69, 9.17) is 0 Å². The molecule has 2 fully saturated rings. The molecular weight excluding hydrogens is 488 g/mol. The van der Waals surface area contributed by atoms with Gasteiger partial charge in [0.1, 0.15) is 11.4 Å². The highest BCUT2D eigenvalue weighted by Crippen LogP contribution is 2.73. The molecular formula is C30H44O8. The minimum absolute atomic E-state index is 0. The second-order valence-corrected chi connectivity index (χ2v) is 13.9. The largest absolute Gasteiger partial charge is 0.505 e. The van der Waals surface area contributed by atoms with Crippen LogP contribution in [0.15, 0.2) is 35.6 Å². The molecule has 4 aliphatic rings. The number of carbonyl (C=O) groups excluding carboxylic acids is 3. The van der Waals surface area contributed by atoms with Crippen molar-refractivity contribution in [2.24, 2.45) is 39.4 Å². The Kier molecular flexibility index (Phi) is 6.95. The number of ketones is 3. The van der Waals surface area contributed by atoms with Crippen LogP contribution in [0.4, 0.5) is 0 Å². The van der Waals surface area contributed by atoms with Gasteiger partial charge in [0.2, 0.25) is 5.78 Å². The highest BCUT2D eigenvalue weighted by molar-refractivity contribution is 6.02. The Morgan fingerprint density at radius 3 is 2.18 bits per heavy atom. The summed E-state index contributed by atoms with van der Waals surface area (Å²) in [4.78, 5) is 40.1. The van der Waals surface area contributed by atoms with Gasteiger partial charge >= 0.3 is 0 Å². The highest BCUT2D eigenvalue weighted by Gasteiger charge is 2.74. The Labute approximate surface area is 224 Å². The summed E-state index contributed by atoms with van der Waals surface area (Å²) in [5.74, 6) is -2.98. The van der Waals surface area contributed by atoms with Crippen molar-refractivity contribution in [3.63, 3.8) is 0 Å². The van der Waals surface area contributed by atoms with Crippen molar-refractivity contribution < 1.29 is 40.3 Å². The van der Waals surface area contributed by atoms with E-state index in [0.717, 1.165) is 11.6 Å². The van der Waals surface area contributed by atoms with E-state index >= 15 is 0 Å². The van der Waals surface area contributed by atoms with Gasteiger partial charge in [-0.1, -0.05) is 38.5 Å². The lowest BCUT2D eigenvalue weighted by atomic mass is 9.39. The lowest BCUT2D eigenvalue weighted by molar-refractivity contribution is -0.179. The maximum atomic E-state index is 14.2. The topological polar surface area (TPSA) is 164 Å². The van der Waals surface area contributed by atoms with E-state index in [1.54, 1.807) is 13.8 Å². The standard InChI is InChI=1S/C30H42O7.H2O/c1-25(2,36)12-11-21(33)30(8,37)23-19(32)14-27(5)20-10-9-16-17(13-18(31)24(35)26(16,3)4)29(20,7)22(34)15-28(23,27)6;/h9,11-13,17,19-20,23,31-32,36-37H,10,14-15H2,1-8H3;1H2/b12-11+;/t17-,19-,20+,23+,27+,28-,29+,30+;/m1./s1. The van der Waals surface area contributed by atoms with E-state index in [2.05, 4.69) is 0 Å². The third-order valence-corrected chi connectivity index (χ3v) is 10.8. The normalized spacial score (nSPS) is 41.8. The Hall–Kier alpha value is -2.13. The van der Waals surface area contributed by atoms with Crippen LogP contribution in [0.5, 0.6) is 0 Å². The van der Waals surface area contributed by atoms with Crippen LogP contribution in [0.25, 0.3) is 0 Å². The van der Waals surface area contributed by atoms with Gasteiger partial charge in [-0.15, -0.1) is 0 Å². The molecule has 8 atom stereocenters. The molecule has 8 heteroatoms. The molecule has 38 heavy (non-hydrogen) atoms. The number of rotatable bonds is 4. The summed E-state index contributed by atoms with van der Waals surface area (Å²) in [5, 5.41) is 43.6. The van der Waals surface area contributed by atoms with Crippen LogP contribution in [0, 0.1) is 39.4 Å². The van der Waals surface area contributed by atoms with Crippen molar-refractivity contribution in [2.45, 2.75) is 92.0 Å². The fourth-order valence-electron chi connectivity index (χ4n) is 8.58. The Morgan fingerprint density at radius 2 is 1.63 bits per heavy atom. The molecule has 4 rings (SSSR count). The average Bonchev–Trinajstić information content (AvgIpc) is 2.96. The fourth-order valence-corrected chi connectivity index (χ4v) is 8.58. The van der Waals surface area contributed by atoms with Gasteiger partial charge in [0.15, 0.2) is 11.5 Å². The molecule has 0 bridgehead atoms. The molecule has 4 aliphatic carbocycles. The Morgan fingerprint density at radius 1 is 1.05 bits per heavy atom. The summed E-state index contributed by atoms with van der Waals surface area (Å²) in [5.41, 5.74) is -5.75. The summed E-state index contributed by atoms with van der Waals surface area (Å²) in [6.45, 7) is 13.8. The van der Waals surface area contributed by atoms with Crippen LogP contribution in [0.3, 0.4) is 0 Å². The summed E-state index contributed by atoms with van der Waals surface area (Å²) in [6, 6.07) is 0. The van der Waals surface area contributed by atoms with Crippen LogP contribution in [-0.4, -0.2) is 60.6 Å². The molecule has 212 valence electrons. The first-order chi connectivity index (χ1) is 16.7. The highest BCUT2D eigenvalue weighted by atomic mass is 16.3. The van der Waals surface area contributed by atoms with Crippen molar-refractivity contribution in [1.29, 1.82) is 0 Å². The average molecular weight is 533 g/mol. The molecule has 0 heterocycles. The van der Waals surface area contributed by atoms with Crippen LogP contribution in [0.2, 0.25) is 0 Å². The molecule has 0 saturated heterocycles. The second kappa shape index (κ2) is 8.68. The lowest BCUT2D eigenvalue weighted by Gasteiger charge is -2.63. The SMILES string of the molecule is CC(C)(O)/C=C/C(=O)[C@](C)(O)[C@H]1[C@H](O)C[C@@]2(C)[C@@H]3CC=C4[C@@H](C=C(O)C(=O)C4(C)C)[C@]3(C)C(=O)C[C@]12C.O. The molecule has 0 aromatic carbocycles. The van der Waals surface area contributed by atoms with Crippen LogP contribution < -0.4 is 0 Å². The Balaban J connectivity index is 0.00000400. The number of fused-ring (bicyclic) bond motifs is 5. The molecule has 0 amide bonds. The van der Waals surface area contributed by atoms with Crippen molar-refractivity contribution in [2.75, 3.05) is 0 Å². The minimum atomic E-state index is -1.96. The number of hydrogen-bond donors (Lipinski definition) is 4. The summed E-state index contributed by atoms with van der Waals surface area (Å²) in [6.07, 6.45) is 5.85. The third-order valence-electron chi connectivity index (χ3n) is 10.8. The fraction of sp³-hybridized carbons (Fsp3) is 0.700. The number of Topliss-reactive ketones (excluding diaryl/α,β-unsaturated/α-hetero) is 2. The zero-order valence-electron chi connectivity index (χ0n) is 23.8. The zero-order valence-corrected chi connectivity index (χ0v) is 23.8. The third kappa shape index (κ3) is 3.82. The van der Waals surface area contributed by atoms with Crippen molar-refractivity contribution in [3.05, 3.63) is 35.6 Å². The molecule has 0 radical (unpaired) electrons. The maximum absolute atomic E-state index is 14.2. The van der Waals surface area contributed by atoms with Crippen LogP contribution in [0.1, 0.15) is 74.7 Å². The van der Waals surface area contributed by atoms with Gasteiger partial charge in [0, 0.05) is 23.7 Å². The van der Waals surface area contributed by atoms with E-state index in [1.807, 2.05) is 26.8 Å². The first-order valence-electron chi connectivity index (χ1n) is 13.2. The van der Waals surface area contributed by atoms with Crippen molar-refractivity contribution in [1.82, 2.24) is 0 Å². The van der Waals surface area contributed by atoms with Gasteiger partial charge in [-0.25, -0.2) is 0 Å². The monoisotopic (exact) mass is 532 g/mol. The predicted molar refractivity (Wildman–Crippen MR) is 142 cm³/mol. The van der Waals surface area contributed by atoms with Crippen molar-refractivity contribution in [3.8, 4) is 0 Å². The quantitative estimate of drug-likeness (QED) is 0.319. The van der Waals surface area contributed by atoms with Crippen molar-refractivity contribution >= 4 is 17.3 Å². The zero-order chi connectivity index (χ0) is 28.1. The van der Waals surface area contributed by atoms with E-state index in [-0.39, 0.29) is 35.1 Å². The molecule has 0 aromatic heterocycles. The number of allylic oxidation sites excluding steroid dienone is 4. The first kappa shape index (κ1) is 30.4. The summed E-state index contributed by atoms with van der Waals surface area (Å²) >= 11 is 0. The van der Waals surface area contributed by atoms with Gasteiger partial charge in [-0.05, 0) is 76.4 Å². The van der Waals surface area contributed by atoms with E-state index in [9.17, 15) is 34.8 Å². The smallest absolute Gasteiger partial charge is 0.206 e. The molecule has 8 nitrogen and oxygen atoms in total. The van der Waals surface area contributed by atoms with Gasteiger partial charge in [0.25, 0.3) is 0 Å².